The van der Waals surface area contributed by atoms with Crippen molar-refractivity contribution in [2.24, 2.45) is 4.99 Å². The Morgan fingerprint density at radius 3 is 2.92 bits per heavy atom. The Hall–Kier alpha value is -1.93. The molecule has 1 amide bonds. The van der Waals surface area contributed by atoms with Gasteiger partial charge in [0.15, 0.2) is 0 Å². The minimum Gasteiger partial charge on any atom is -0.326 e. The van der Waals surface area contributed by atoms with Crippen molar-refractivity contribution >= 4 is 23.4 Å². The molecule has 0 radical (unpaired) electrons. The van der Waals surface area contributed by atoms with Crippen molar-refractivity contribution in [1.82, 2.24) is 0 Å². The summed E-state index contributed by atoms with van der Waals surface area (Å²) in [4.78, 5) is 24.0. The molecule has 0 heterocycles. The van der Waals surface area contributed by atoms with Gasteiger partial charge in [-0.2, -0.15) is 4.99 Å². The Bertz CT molecular complexity index is 368. The molecule has 0 aromatic heterocycles. The van der Waals surface area contributed by atoms with E-state index < -0.39 is 0 Å². The summed E-state index contributed by atoms with van der Waals surface area (Å²) in [5.41, 5.74) is 1.09. The van der Waals surface area contributed by atoms with Crippen LogP contribution < -0.4 is 5.32 Å². The Kier molecular flexibility index (Phi) is 2.95. The second-order valence-electron chi connectivity index (χ2n) is 2.43. The first-order valence-electron chi connectivity index (χ1n) is 3.68. The van der Waals surface area contributed by atoms with Crippen molar-refractivity contribution in [1.29, 1.82) is 0 Å². The number of amides is 1. The average molecular weight is 176 g/mol. The Morgan fingerprint density at radius 2 is 2.31 bits per heavy atom. The van der Waals surface area contributed by atoms with E-state index in [-0.39, 0.29) is 5.91 Å². The molecular formula is C9H8N2O2. The van der Waals surface area contributed by atoms with Crippen molar-refractivity contribution in [3.05, 3.63) is 24.3 Å². The molecule has 0 saturated carbocycles. The fourth-order valence-electron chi connectivity index (χ4n) is 0.909. The summed E-state index contributed by atoms with van der Waals surface area (Å²) in [5.74, 6) is -0.160. The summed E-state index contributed by atoms with van der Waals surface area (Å²) in [6.07, 6.45) is 1.43. The minimum absolute atomic E-state index is 0.160. The Balaban J connectivity index is 2.91. The SMILES string of the molecule is CC(=O)Nc1cccc(N=C=O)c1. The smallest absolute Gasteiger partial charge is 0.240 e. The molecule has 0 aliphatic heterocycles. The molecule has 0 atom stereocenters. The molecule has 0 spiro atoms. The molecule has 0 aliphatic carbocycles. The summed E-state index contributed by atoms with van der Waals surface area (Å²) in [5, 5.41) is 2.57. The van der Waals surface area contributed by atoms with E-state index in [1.165, 1.54) is 13.0 Å². The van der Waals surface area contributed by atoms with E-state index in [1.807, 2.05) is 0 Å². The molecule has 4 nitrogen and oxygen atoms in total. The highest BCUT2D eigenvalue weighted by molar-refractivity contribution is 5.89. The molecule has 1 aromatic rings. The number of nitrogens with one attached hydrogen (secondary N) is 1. The van der Waals surface area contributed by atoms with Crippen LogP contribution in [-0.2, 0) is 9.59 Å². The number of nitrogens with zero attached hydrogens (tertiary/aromatic N) is 1. The molecule has 0 fully saturated rings. The van der Waals surface area contributed by atoms with Gasteiger partial charge in [0.2, 0.25) is 12.0 Å². The number of rotatable bonds is 2. The topological polar surface area (TPSA) is 58.5 Å². The molecule has 0 bridgehead atoms. The highest BCUT2D eigenvalue weighted by Gasteiger charge is 1.95. The zero-order valence-electron chi connectivity index (χ0n) is 7.07. The maximum Gasteiger partial charge on any atom is 0.240 e. The van der Waals surface area contributed by atoms with Crippen LogP contribution in [-0.4, -0.2) is 12.0 Å². The van der Waals surface area contributed by atoms with E-state index in [1.54, 1.807) is 24.3 Å². The average Bonchev–Trinajstić information content (AvgIpc) is 2.04. The lowest BCUT2D eigenvalue weighted by molar-refractivity contribution is -0.114. The van der Waals surface area contributed by atoms with Crippen LogP contribution in [0.15, 0.2) is 29.3 Å². The van der Waals surface area contributed by atoms with E-state index in [0.29, 0.717) is 11.4 Å². The molecule has 1 rings (SSSR count). The van der Waals surface area contributed by atoms with E-state index in [0.717, 1.165) is 0 Å². The fraction of sp³-hybridized carbons (Fsp3) is 0.111. The van der Waals surface area contributed by atoms with Crippen LogP contribution in [0.3, 0.4) is 0 Å². The number of hydrogen-bond acceptors (Lipinski definition) is 3. The van der Waals surface area contributed by atoms with E-state index in [9.17, 15) is 9.59 Å². The molecule has 0 unspecified atom stereocenters. The van der Waals surface area contributed by atoms with Crippen molar-refractivity contribution in [3.63, 3.8) is 0 Å². The molecule has 4 heteroatoms. The molecule has 13 heavy (non-hydrogen) atoms. The number of anilines is 1. The largest absolute Gasteiger partial charge is 0.326 e. The van der Waals surface area contributed by atoms with Gasteiger partial charge in [0.25, 0.3) is 0 Å². The second kappa shape index (κ2) is 4.18. The van der Waals surface area contributed by atoms with Gasteiger partial charge in [0.05, 0.1) is 5.69 Å². The molecule has 66 valence electrons. The number of carbonyl (C=O) groups excluding carboxylic acids is 2. The predicted octanol–water partition coefficient (Wildman–Crippen LogP) is 1.61. The Morgan fingerprint density at radius 1 is 1.54 bits per heavy atom. The standard InChI is InChI=1S/C9H8N2O2/c1-7(13)11-9-4-2-3-8(5-9)10-6-12/h2-5H,1H3,(H,11,13). The third-order valence-corrected chi connectivity index (χ3v) is 1.34. The maximum absolute atomic E-state index is 10.7. The van der Waals surface area contributed by atoms with Crippen molar-refractivity contribution in [2.45, 2.75) is 6.92 Å². The van der Waals surface area contributed by atoms with Crippen molar-refractivity contribution < 1.29 is 9.59 Å². The van der Waals surface area contributed by atoms with Gasteiger partial charge in [0, 0.05) is 12.6 Å². The van der Waals surface area contributed by atoms with Crippen LogP contribution in [0.1, 0.15) is 6.92 Å². The van der Waals surface area contributed by atoms with Crippen molar-refractivity contribution in [2.75, 3.05) is 5.32 Å². The van der Waals surface area contributed by atoms with E-state index in [4.69, 9.17) is 0 Å². The number of aliphatic imine (C=N–C) groups is 1. The normalized spacial score (nSPS) is 8.69. The van der Waals surface area contributed by atoms with Crippen LogP contribution in [0.4, 0.5) is 11.4 Å². The first-order chi connectivity index (χ1) is 6.22. The number of isocyanates is 1. The van der Waals surface area contributed by atoms with Gasteiger partial charge < -0.3 is 5.32 Å². The minimum atomic E-state index is -0.160. The highest BCUT2D eigenvalue weighted by Crippen LogP contribution is 2.16. The quantitative estimate of drug-likeness (QED) is 0.549. The van der Waals surface area contributed by atoms with Gasteiger partial charge in [0.1, 0.15) is 0 Å². The maximum atomic E-state index is 10.7. The lowest BCUT2D eigenvalue weighted by Gasteiger charge is -2.00. The van der Waals surface area contributed by atoms with E-state index in [2.05, 4.69) is 10.3 Å². The first kappa shape index (κ1) is 9.16. The third-order valence-electron chi connectivity index (χ3n) is 1.34. The van der Waals surface area contributed by atoms with E-state index >= 15 is 0 Å². The zero-order chi connectivity index (χ0) is 9.68. The van der Waals surface area contributed by atoms with Gasteiger partial charge in [-0.15, -0.1) is 0 Å². The number of benzene rings is 1. The monoisotopic (exact) mass is 176 g/mol. The lowest BCUT2D eigenvalue weighted by Crippen LogP contribution is -2.04. The van der Waals surface area contributed by atoms with Crippen molar-refractivity contribution in [3.8, 4) is 0 Å². The molecule has 0 saturated heterocycles. The van der Waals surface area contributed by atoms with Crippen LogP contribution in [0.25, 0.3) is 0 Å². The lowest BCUT2D eigenvalue weighted by atomic mass is 10.3. The first-order valence-corrected chi connectivity index (χ1v) is 3.68. The van der Waals surface area contributed by atoms with Crippen LogP contribution in [0, 0.1) is 0 Å². The van der Waals surface area contributed by atoms with Gasteiger partial charge in [-0.25, -0.2) is 4.79 Å². The van der Waals surface area contributed by atoms with Gasteiger partial charge >= 0.3 is 0 Å². The number of carbonyl (C=O) groups is 1. The van der Waals surface area contributed by atoms with Crippen LogP contribution in [0.5, 0.6) is 0 Å². The van der Waals surface area contributed by atoms with Gasteiger partial charge in [-0.3, -0.25) is 4.79 Å². The van der Waals surface area contributed by atoms with Crippen LogP contribution >= 0.6 is 0 Å². The fourth-order valence-corrected chi connectivity index (χ4v) is 0.909. The molecule has 1 aromatic carbocycles. The van der Waals surface area contributed by atoms with Crippen LogP contribution in [0.2, 0.25) is 0 Å². The summed E-state index contributed by atoms with van der Waals surface area (Å²) in [7, 11) is 0. The zero-order valence-corrected chi connectivity index (χ0v) is 7.07. The summed E-state index contributed by atoms with van der Waals surface area (Å²) in [6, 6.07) is 6.65. The summed E-state index contributed by atoms with van der Waals surface area (Å²) >= 11 is 0. The summed E-state index contributed by atoms with van der Waals surface area (Å²) in [6.45, 7) is 1.41. The highest BCUT2D eigenvalue weighted by atomic mass is 16.1. The van der Waals surface area contributed by atoms with Gasteiger partial charge in [-0.1, -0.05) is 6.07 Å². The predicted molar refractivity (Wildman–Crippen MR) is 48.5 cm³/mol. The van der Waals surface area contributed by atoms with Gasteiger partial charge in [-0.05, 0) is 18.2 Å². The number of hydrogen-bond donors (Lipinski definition) is 1. The third kappa shape index (κ3) is 2.89. The summed E-state index contributed by atoms with van der Waals surface area (Å²) < 4.78 is 0. The molecule has 1 N–H and O–H groups in total. The molecule has 0 aliphatic rings. The second-order valence-corrected chi connectivity index (χ2v) is 2.43. The molecular weight excluding hydrogens is 168 g/mol. The Labute approximate surface area is 75.3 Å².